The number of phenols is 1. The molecule has 374 valence electrons. The SMILES string of the molecule is Cc1c(N(C(=O)c2cc(-c3cc4c(cc3C(=O)N3Cc5ccccc5C[C@H]3C)CN(C(=O)Cc3ccc(OCCN5CCN(CC(F)(F)F)CC5)cc3)CC4)n(C)c2C)c2ccc(O)cc2)cc(C#N)n1C. The average molecular weight is 981 g/mol. The van der Waals surface area contributed by atoms with E-state index in [0.717, 1.165) is 22.3 Å². The molecule has 13 nitrogen and oxygen atoms in total. The summed E-state index contributed by atoms with van der Waals surface area (Å²) in [5.74, 6) is 0.147. The highest BCUT2D eigenvalue weighted by atomic mass is 19.4. The van der Waals surface area contributed by atoms with Crippen LogP contribution in [0.2, 0.25) is 0 Å². The van der Waals surface area contributed by atoms with Crippen molar-refractivity contribution in [2.45, 2.75) is 65.3 Å². The number of aromatic hydroxyl groups is 1. The zero-order chi connectivity index (χ0) is 51.0. The fourth-order valence-electron chi connectivity index (χ4n) is 10.3. The van der Waals surface area contributed by atoms with Crippen LogP contribution in [0.4, 0.5) is 24.5 Å². The Morgan fingerprint density at radius 1 is 0.792 bits per heavy atom. The third kappa shape index (κ3) is 10.4. The maximum atomic E-state index is 15.2. The Hall–Kier alpha value is -7.35. The lowest BCUT2D eigenvalue weighted by molar-refractivity contribution is -0.149. The summed E-state index contributed by atoms with van der Waals surface area (Å²) in [5, 5.41) is 20.1. The first kappa shape index (κ1) is 49.6. The van der Waals surface area contributed by atoms with E-state index in [0.29, 0.717) is 128 Å². The number of fused-ring (bicyclic) bond motifs is 2. The normalized spacial score (nSPS) is 16.2. The highest BCUT2D eigenvalue weighted by molar-refractivity contribution is 6.13. The van der Waals surface area contributed by atoms with Gasteiger partial charge in [0.05, 0.1) is 24.2 Å². The maximum absolute atomic E-state index is 15.2. The summed E-state index contributed by atoms with van der Waals surface area (Å²) in [6.45, 7) is 8.94. The van der Waals surface area contributed by atoms with Gasteiger partial charge in [-0.1, -0.05) is 36.4 Å². The molecule has 0 aliphatic carbocycles. The summed E-state index contributed by atoms with van der Waals surface area (Å²) >= 11 is 0. The summed E-state index contributed by atoms with van der Waals surface area (Å²) in [7, 11) is 3.66. The van der Waals surface area contributed by atoms with Crippen LogP contribution in [-0.4, -0.2) is 116 Å². The van der Waals surface area contributed by atoms with Crippen LogP contribution in [0, 0.1) is 25.2 Å². The minimum absolute atomic E-state index is 0.0448. The Labute approximate surface area is 417 Å². The molecule has 9 rings (SSSR count). The molecule has 6 aromatic rings. The zero-order valence-electron chi connectivity index (χ0n) is 41.3. The van der Waals surface area contributed by atoms with E-state index in [1.807, 2.05) is 83.8 Å². The van der Waals surface area contributed by atoms with E-state index in [4.69, 9.17) is 4.74 Å². The number of benzene rings is 4. The fraction of sp³-hybridized carbons (Fsp3) is 0.357. The fourth-order valence-corrected chi connectivity index (χ4v) is 10.3. The Balaban J connectivity index is 0.966. The van der Waals surface area contributed by atoms with Crippen molar-refractivity contribution in [1.29, 1.82) is 5.26 Å². The van der Waals surface area contributed by atoms with E-state index in [-0.39, 0.29) is 35.9 Å². The Kier molecular flexibility index (Phi) is 14.1. The summed E-state index contributed by atoms with van der Waals surface area (Å²) < 4.78 is 48.0. The number of alkyl halides is 3. The molecule has 1 saturated heterocycles. The van der Waals surface area contributed by atoms with Crippen molar-refractivity contribution in [3.8, 4) is 28.8 Å². The van der Waals surface area contributed by atoms with Crippen molar-refractivity contribution in [3.05, 3.63) is 153 Å². The maximum Gasteiger partial charge on any atom is 0.401 e. The van der Waals surface area contributed by atoms with Gasteiger partial charge in [-0.15, -0.1) is 0 Å². The largest absolute Gasteiger partial charge is 0.508 e. The first-order chi connectivity index (χ1) is 34.5. The molecular weight excluding hydrogens is 922 g/mol. The highest BCUT2D eigenvalue weighted by Gasteiger charge is 2.35. The number of nitriles is 1. The number of nitrogens with zero attached hydrogens (tertiary/aromatic N) is 8. The number of carbonyl (C=O) groups is 3. The van der Waals surface area contributed by atoms with Crippen LogP contribution in [0.5, 0.6) is 11.5 Å². The van der Waals surface area contributed by atoms with Crippen molar-refractivity contribution < 1.29 is 37.4 Å². The number of piperazine rings is 1. The number of ether oxygens (including phenoxy) is 1. The zero-order valence-corrected chi connectivity index (χ0v) is 41.3. The second kappa shape index (κ2) is 20.4. The van der Waals surface area contributed by atoms with E-state index < -0.39 is 12.7 Å². The predicted molar refractivity (Wildman–Crippen MR) is 268 cm³/mol. The van der Waals surface area contributed by atoms with Crippen molar-refractivity contribution in [1.82, 2.24) is 28.7 Å². The molecule has 0 spiro atoms. The monoisotopic (exact) mass is 980 g/mol. The number of halogens is 3. The van der Waals surface area contributed by atoms with E-state index in [1.54, 1.807) is 34.7 Å². The molecule has 1 atom stereocenters. The van der Waals surface area contributed by atoms with Gasteiger partial charge in [0.25, 0.3) is 11.8 Å². The molecule has 3 amide bonds. The Morgan fingerprint density at radius 2 is 1.49 bits per heavy atom. The highest BCUT2D eigenvalue weighted by Crippen LogP contribution is 2.38. The lowest BCUT2D eigenvalue weighted by atomic mass is 9.89. The summed E-state index contributed by atoms with van der Waals surface area (Å²) in [5.41, 5.74) is 10.0. The van der Waals surface area contributed by atoms with Gasteiger partial charge < -0.3 is 28.8 Å². The molecule has 0 bridgehead atoms. The molecule has 0 radical (unpaired) electrons. The molecule has 0 saturated carbocycles. The van der Waals surface area contributed by atoms with Gasteiger partial charge >= 0.3 is 6.18 Å². The van der Waals surface area contributed by atoms with Crippen molar-refractivity contribution in [2.75, 3.05) is 57.3 Å². The van der Waals surface area contributed by atoms with Gasteiger partial charge in [-0.3, -0.25) is 29.1 Å². The molecule has 0 unspecified atom stereocenters. The lowest BCUT2D eigenvalue weighted by Crippen LogP contribution is -2.49. The van der Waals surface area contributed by atoms with Gasteiger partial charge in [0, 0.05) is 106 Å². The van der Waals surface area contributed by atoms with Gasteiger partial charge in [0.1, 0.15) is 29.9 Å². The minimum Gasteiger partial charge on any atom is -0.508 e. The molecule has 5 heterocycles. The van der Waals surface area contributed by atoms with Gasteiger partial charge in [-0.25, -0.2) is 0 Å². The first-order valence-corrected chi connectivity index (χ1v) is 24.4. The number of carbonyl (C=O) groups excluding carboxylic acids is 3. The molecule has 3 aliphatic rings. The summed E-state index contributed by atoms with van der Waals surface area (Å²) in [6, 6.07) is 31.6. The minimum atomic E-state index is -4.20. The number of amides is 3. The van der Waals surface area contributed by atoms with Crippen LogP contribution < -0.4 is 9.64 Å². The molecule has 2 aromatic heterocycles. The standard InChI is InChI=1S/C56H59F3N8O5/c1-36-26-40-8-6-7-9-42(40)34-66(36)54(70)50-29-43-33-65(53(69)27-39-10-16-47(17-11-39)72-25-24-63-20-22-64(23-21-63)35-56(57,58)59)19-18-41(43)28-49(50)52-31-48(37(2)62(52)5)55(71)67(44-12-14-46(68)15-13-44)51-30-45(32-60)61(4)38(51)3/h6-17,28-31,36,68H,18-27,33-35H2,1-5H3/t36-/m1/s1. The van der Waals surface area contributed by atoms with Gasteiger partial charge in [-0.05, 0) is 122 Å². The third-order valence-electron chi connectivity index (χ3n) is 14.7. The van der Waals surface area contributed by atoms with Gasteiger partial charge in [-0.2, -0.15) is 18.4 Å². The van der Waals surface area contributed by atoms with Crippen LogP contribution in [0.15, 0.2) is 97.1 Å². The van der Waals surface area contributed by atoms with Crippen LogP contribution >= 0.6 is 0 Å². The third-order valence-corrected chi connectivity index (χ3v) is 14.7. The second-order valence-corrected chi connectivity index (χ2v) is 19.3. The quantitative estimate of drug-likeness (QED) is 0.129. The number of phenolic OH excluding ortho intramolecular Hbond substituents is 1. The number of hydrogen-bond acceptors (Lipinski definition) is 8. The average Bonchev–Trinajstić information content (AvgIpc) is 3.82. The van der Waals surface area contributed by atoms with Crippen molar-refractivity contribution in [2.24, 2.45) is 14.1 Å². The van der Waals surface area contributed by atoms with Crippen LogP contribution in [-0.2, 0) is 51.2 Å². The number of hydrogen-bond donors (Lipinski definition) is 1. The topological polar surface area (TPSA) is 131 Å². The molecule has 72 heavy (non-hydrogen) atoms. The van der Waals surface area contributed by atoms with Gasteiger partial charge in [0.2, 0.25) is 5.91 Å². The van der Waals surface area contributed by atoms with Crippen LogP contribution in [0.1, 0.15) is 72.5 Å². The summed E-state index contributed by atoms with van der Waals surface area (Å²) in [4.78, 5) is 53.1. The molecule has 16 heteroatoms. The Bertz CT molecular complexity index is 3060. The molecule has 1 N–H and O–H groups in total. The van der Waals surface area contributed by atoms with E-state index in [9.17, 15) is 28.3 Å². The van der Waals surface area contributed by atoms with Crippen LogP contribution in [0.25, 0.3) is 11.3 Å². The predicted octanol–water partition coefficient (Wildman–Crippen LogP) is 8.48. The second-order valence-electron chi connectivity index (χ2n) is 19.3. The number of rotatable bonds is 12. The number of aromatic nitrogens is 2. The molecular formula is C56H59F3N8O5. The van der Waals surface area contributed by atoms with E-state index in [2.05, 4.69) is 36.1 Å². The molecule has 4 aromatic carbocycles. The summed E-state index contributed by atoms with van der Waals surface area (Å²) in [6.07, 6.45) is -2.77. The van der Waals surface area contributed by atoms with E-state index >= 15 is 9.59 Å². The smallest absolute Gasteiger partial charge is 0.401 e. The first-order valence-electron chi connectivity index (χ1n) is 24.4. The molecule has 3 aliphatic heterocycles. The van der Waals surface area contributed by atoms with Gasteiger partial charge in [0.15, 0.2) is 0 Å². The molecule has 1 fully saturated rings. The van der Waals surface area contributed by atoms with Crippen LogP contribution in [0.3, 0.4) is 0 Å². The van der Waals surface area contributed by atoms with Crippen molar-refractivity contribution in [3.63, 3.8) is 0 Å². The lowest BCUT2D eigenvalue weighted by Gasteiger charge is -2.36. The number of anilines is 2. The Morgan fingerprint density at radius 3 is 2.17 bits per heavy atom. The van der Waals surface area contributed by atoms with E-state index in [1.165, 1.54) is 22.6 Å². The van der Waals surface area contributed by atoms with Crippen molar-refractivity contribution >= 4 is 29.1 Å².